The molecule has 4 nitrogen and oxygen atoms in total. The van der Waals surface area contributed by atoms with Gasteiger partial charge in [0.1, 0.15) is 11.5 Å². The van der Waals surface area contributed by atoms with Gasteiger partial charge in [0.15, 0.2) is 0 Å². The molecule has 3 rings (SSSR count). The molecule has 0 aromatic heterocycles. The van der Waals surface area contributed by atoms with Crippen LogP contribution < -0.4 is 9.47 Å². The van der Waals surface area contributed by atoms with Crippen molar-refractivity contribution in [3.05, 3.63) is 59.7 Å². The molecule has 0 N–H and O–H groups in total. The standard InChI is InChI=1S/C24H31NO3/c1-18(2)28-23-6-4-5-21(16-23)17-24(26)25-13-11-20(12-14-25)15-19-7-9-22(27-3)10-8-19/h4-10,16,18,20H,11-15,17H2,1-3H3. The van der Waals surface area contributed by atoms with Crippen LogP contribution in [0.1, 0.15) is 37.8 Å². The highest BCUT2D eigenvalue weighted by Gasteiger charge is 2.23. The molecule has 1 saturated heterocycles. The molecule has 0 saturated carbocycles. The normalized spacial score (nSPS) is 14.9. The van der Waals surface area contributed by atoms with E-state index in [0.717, 1.165) is 49.4 Å². The Morgan fingerprint density at radius 2 is 1.75 bits per heavy atom. The number of likely N-dealkylation sites (tertiary alicyclic amines) is 1. The number of nitrogens with zero attached hydrogens (tertiary/aromatic N) is 1. The quantitative estimate of drug-likeness (QED) is 0.708. The Morgan fingerprint density at radius 1 is 1.04 bits per heavy atom. The van der Waals surface area contributed by atoms with Crippen molar-refractivity contribution < 1.29 is 14.3 Å². The summed E-state index contributed by atoms with van der Waals surface area (Å²) in [6.07, 6.45) is 3.78. The van der Waals surface area contributed by atoms with Crippen molar-refractivity contribution in [1.29, 1.82) is 0 Å². The number of methoxy groups -OCH3 is 1. The zero-order valence-corrected chi connectivity index (χ0v) is 17.2. The van der Waals surface area contributed by atoms with Gasteiger partial charge < -0.3 is 14.4 Å². The molecule has 0 aliphatic carbocycles. The van der Waals surface area contributed by atoms with Crippen LogP contribution in [0.4, 0.5) is 0 Å². The highest BCUT2D eigenvalue weighted by molar-refractivity contribution is 5.79. The summed E-state index contributed by atoms with van der Waals surface area (Å²) in [5, 5.41) is 0. The molecule has 150 valence electrons. The monoisotopic (exact) mass is 381 g/mol. The van der Waals surface area contributed by atoms with Crippen LogP contribution in [-0.2, 0) is 17.6 Å². The number of amides is 1. The summed E-state index contributed by atoms with van der Waals surface area (Å²) >= 11 is 0. The molecule has 1 heterocycles. The van der Waals surface area contributed by atoms with Crippen molar-refractivity contribution in [2.75, 3.05) is 20.2 Å². The van der Waals surface area contributed by atoms with Crippen molar-refractivity contribution in [2.45, 2.75) is 45.6 Å². The molecule has 1 aliphatic heterocycles. The van der Waals surface area contributed by atoms with E-state index in [1.807, 2.05) is 55.1 Å². The van der Waals surface area contributed by atoms with Crippen molar-refractivity contribution in [3.63, 3.8) is 0 Å². The second-order valence-corrected chi connectivity index (χ2v) is 7.87. The van der Waals surface area contributed by atoms with Gasteiger partial charge in [-0.15, -0.1) is 0 Å². The molecule has 0 atom stereocenters. The first-order chi connectivity index (χ1) is 13.5. The number of hydrogen-bond donors (Lipinski definition) is 0. The average molecular weight is 382 g/mol. The second-order valence-electron chi connectivity index (χ2n) is 7.87. The lowest BCUT2D eigenvalue weighted by Crippen LogP contribution is -2.39. The number of piperidine rings is 1. The number of rotatable bonds is 7. The first-order valence-corrected chi connectivity index (χ1v) is 10.2. The highest BCUT2D eigenvalue weighted by Crippen LogP contribution is 2.24. The Hall–Kier alpha value is -2.49. The fourth-order valence-electron chi connectivity index (χ4n) is 3.77. The topological polar surface area (TPSA) is 38.8 Å². The van der Waals surface area contributed by atoms with Gasteiger partial charge in [-0.05, 0) is 74.4 Å². The average Bonchev–Trinajstić information content (AvgIpc) is 2.69. The summed E-state index contributed by atoms with van der Waals surface area (Å²) in [7, 11) is 1.69. The summed E-state index contributed by atoms with van der Waals surface area (Å²) in [5.74, 6) is 2.58. The molecule has 0 unspecified atom stereocenters. The molecule has 28 heavy (non-hydrogen) atoms. The molecule has 1 amide bonds. The Balaban J connectivity index is 1.48. The van der Waals surface area contributed by atoms with E-state index in [0.29, 0.717) is 12.3 Å². The van der Waals surface area contributed by atoms with E-state index in [1.165, 1.54) is 5.56 Å². The molecular weight excluding hydrogens is 350 g/mol. The van der Waals surface area contributed by atoms with Crippen molar-refractivity contribution in [3.8, 4) is 11.5 Å². The lowest BCUT2D eigenvalue weighted by atomic mass is 9.90. The predicted molar refractivity (Wildman–Crippen MR) is 112 cm³/mol. The van der Waals surface area contributed by atoms with Gasteiger partial charge in [-0.1, -0.05) is 24.3 Å². The van der Waals surface area contributed by atoms with Crippen molar-refractivity contribution in [2.24, 2.45) is 5.92 Å². The minimum Gasteiger partial charge on any atom is -0.497 e. The minimum absolute atomic E-state index is 0.135. The molecule has 4 heteroatoms. The zero-order chi connectivity index (χ0) is 19.9. The van der Waals surface area contributed by atoms with Crippen LogP contribution in [0.5, 0.6) is 11.5 Å². The molecule has 1 aliphatic rings. The van der Waals surface area contributed by atoms with E-state index in [9.17, 15) is 4.79 Å². The van der Waals surface area contributed by atoms with Crippen molar-refractivity contribution >= 4 is 5.91 Å². The summed E-state index contributed by atoms with van der Waals surface area (Å²) < 4.78 is 11.0. The maximum Gasteiger partial charge on any atom is 0.226 e. The number of carbonyl (C=O) groups is 1. The lowest BCUT2D eigenvalue weighted by Gasteiger charge is -2.32. The maximum absolute atomic E-state index is 12.7. The molecule has 0 radical (unpaired) electrons. The largest absolute Gasteiger partial charge is 0.497 e. The van der Waals surface area contributed by atoms with Gasteiger partial charge in [0.25, 0.3) is 0 Å². The fraction of sp³-hybridized carbons (Fsp3) is 0.458. The SMILES string of the molecule is COc1ccc(CC2CCN(C(=O)Cc3cccc(OC(C)C)c3)CC2)cc1. The number of carbonyl (C=O) groups excluding carboxylic acids is 1. The Labute approximate surface area is 168 Å². The van der Waals surface area contributed by atoms with Crippen LogP contribution in [0.25, 0.3) is 0 Å². The van der Waals surface area contributed by atoms with Crippen LogP contribution >= 0.6 is 0 Å². The third-order valence-corrected chi connectivity index (χ3v) is 5.28. The molecular formula is C24H31NO3. The summed E-state index contributed by atoms with van der Waals surface area (Å²) in [6.45, 7) is 5.71. The first-order valence-electron chi connectivity index (χ1n) is 10.2. The Morgan fingerprint density at radius 3 is 2.39 bits per heavy atom. The van der Waals surface area contributed by atoms with E-state index in [-0.39, 0.29) is 12.0 Å². The number of hydrogen-bond acceptors (Lipinski definition) is 3. The molecule has 0 spiro atoms. The maximum atomic E-state index is 12.7. The third-order valence-electron chi connectivity index (χ3n) is 5.28. The van der Waals surface area contributed by atoms with Gasteiger partial charge >= 0.3 is 0 Å². The zero-order valence-electron chi connectivity index (χ0n) is 17.2. The van der Waals surface area contributed by atoms with Gasteiger partial charge in [-0.25, -0.2) is 0 Å². The lowest BCUT2D eigenvalue weighted by molar-refractivity contribution is -0.131. The predicted octanol–water partition coefficient (Wildman–Crippen LogP) is 4.51. The van der Waals surface area contributed by atoms with Crippen LogP contribution in [0.15, 0.2) is 48.5 Å². The smallest absolute Gasteiger partial charge is 0.226 e. The number of benzene rings is 2. The Bertz CT molecular complexity index is 762. The second kappa shape index (κ2) is 9.63. The first kappa shape index (κ1) is 20.2. The van der Waals surface area contributed by atoms with Crippen LogP contribution in [0.2, 0.25) is 0 Å². The molecule has 2 aromatic rings. The highest BCUT2D eigenvalue weighted by atomic mass is 16.5. The van der Waals surface area contributed by atoms with Crippen LogP contribution in [-0.4, -0.2) is 37.1 Å². The van der Waals surface area contributed by atoms with E-state index >= 15 is 0 Å². The van der Waals surface area contributed by atoms with E-state index in [1.54, 1.807) is 7.11 Å². The van der Waals surface area contributed by atoms with Gasteiger partial charge in [-0.2, -0.15) is 0 Å². The fourth-order valence-corrected chi connectivity index (χ4v) is 3.77. The summed E-state index contributed by atoms with van der Waals surface area (Å²) in [6, 6.07) is 16.2. The van der Waals surface area contributed by atoms with Crippen LogP contribution in [0, 0.1) is 5.92 Å². The minimum atomic E-state index is 0.135. The van der Waals surface area contributed by atoms with Gasteiger partial charge in [-0.3, -0.25) is 4.79 Å². The van der Waals surface area contributed by atoms with E-state index in [2.05, 4.69) is 12.1 Å². The molecule has 1 fully saturated rings. The summed E-state index contributed by atoms with van der Waals surface area (Å²) in [4.78, 5) is 14.7. The van der Waals surface area contributed by atoms with Gasteiger partial charge in [0.2, 0.25) is 5.91 Å². The Kier molecular flexibility index (Phi) is 6.96. The third kappa shape index (κ3) is 5.75. The van der Waals surface area contributed by atoms with E-state index in [4.69, 9.17) is 9.47 Å². The number of ether oxygens (including phenoxy) is 2. The summed E-state index contributed by atoms with van der Waals surface area (Å²) in [5.41, 5.74) is 2.36. The molecule has 0 bridgehead atoms. The van der Waals surface area contributed by atoms with Crippen molar-refractivity contribution in [1.82, 2.24) is 4.90 Å². The van der Waals surface area contributed by atoms with Gasteiger partial charge in [0.05, 0.1) is 19.6 Å². The van der Waals surface area contributed by atoms with Gasteiger partial charge in [0, 0.05) is 13.1 Å². The molecule has 2 aromatic carbocycles. The van der Waals surface area contributed by atoms with Crippen LogP contribution in [0.3, 0.4) is 0 Å². The van der Waals surface area contributed by atoms with E-state index < -0.39 is 0 Å².